The van der Waals surface area contributed by atoms with Gasteiger partial charge in [-0.05, 0) is 45.8 Å². The number of hydrogen-bond donors (Lipinski definition) is 1. The number of ether oxygens (including phenoxy) is 2. The average Bonchev–Trinajstić information content (AvgIpc) is 3.19. The third kappa shape index (κ3) is 4.34. The molecule has 0 saturated carbocycles. The van der Waals surface area contributed by atoms with Crippen LogP contribution in [0.25, 0.3) is 0 Å². The van der Waals surface area contributed by atoms with Gasteiger partial charge in [0.05, 0.1) is 18.2 Å². The van der Waals surface area contributed by atoms with E-state index in [9.17, 15) is 4.79 Å². The molecule has 2 fully saturated rings. The standard InChI is InChI=1S/C17H28N4O3/c1-20(2)9-10-21-8-4-15(19-21)16(22)18-13-14-3-5-17(24-14)6-11-23-12-7-17/h4,8,14H,3,5-7,9-13H2,1-2H3,(H,18,22). The largest absolute Gasteiger partial charge is 0.381 e. The molecule has 0 aliphatic carbocycles. The maximum Gasteiger partial charge on any atom is 0.271 e. The smallest absolute Gasteiger partial charge is 0.271 e. The van der Waals surface area contributed by atoms with E-state index < -0.39 is 0 Å². The molecule has 1 N–H and O–H groups in total. The summed E-state index contributed by atoms with van der Waals surface area (Å²) in [7, 11) is 4.04. The highest BCUT2D eigenvalue weighted by Crippen LogP contribution is 2.37. The lowest BCUT2D eigenvalue weighted by molar-refractivity contribution is -0.102. The van der Waals surface area contributed by atoms with E-state index >= 15 is 0 Å². The molecule has 1 aromatic rings. The number of hydrogen-bond acceptors (Lipinski definition) is 5. The molecule has 134 valence electrons. The number of carbonyl (C=O) groups is 1. The molecular formula is C17H28N4O3. The lowest BCUT2D eigenvalue weighted by Crippen LogP contribution is -2.39. The van der Waals surface area contributed by atoms with Gasteiger partial charge in [-0.25, -0.2) is 0 Å². The molecule has 0 radical (unpaired) electrons. The third-order valence-corrected chi connectivity index (χ3v) is 4.88. The Balaban J connectivity index is 1.44. The second-order valence-corrected chi connectivity index (χ2v) is 7.05. The minimum Gasteiger partial charge on any atom is -0.381 e. The van der Waals surface area contributed by atoms with E-state index in [2.05, 4.69) is 15.3 Å². The first-order valence-electron chi connectivity index (χ1n) is 8.78. The van der Waals surface area contributed by atoms with E-state index in [4.69, 9.17) is 9.47 Å². The number of amides is 1. The molecule has 1 amide bonds. The maximum atomic E-state index is 12.2. The monoisotopic (exact) mass is 336 g/mol. The number of likely N-dealkylation sites (N-methyl/N-ethyl adjacent to an activating group) is 1. The summed E-state index contributed by atoms with van der Waals surface area (Å²) in [5.41, 5.74) is 0.453. The molecule has 1 atom stereocenters. The molecule has 24 heavy (non-hydrogen) atoms. The molecule has 1 aromatic heterocycles. The van der Waals surface area contributed by atoms with Crippen molar-refractivity contribution < 1.29 is 14.3 Å². The van der Waals surface area contributed by atoms with Gasteiger partial charge in [0, 0.05) is 32.5 Å². The summed E-state index contributed by atoms with van der Waals surface area (Å²) in [6.07, 6.45) is 5.94. The van der Waals surface area contributed by atoms with Gasteiger partial charge in [-0.1, -0.05) is 0 Å². The fraction of sp³-hybridized carbons (Fsp3) is 0.765. The van der Waals surface area contributed by atoms with Crippen LogP contribution in [0.4, 0.5) is 0 Å². The van der Waals surface area contributed by atoms with Crippen molar-refractivity contribution in [3.05, 3.63) is 18.0 Å². The number of carbonyl (C=O) groups excluding carboxylic acids is 1. The minimum atomic E-state index is -0.130. The summed E-state index contributed by atoms with van der Waals surface area (Å²) < 4.78 is 13.4. The van der Waals surface area contributed by atoms with E-state index in [0.717, 1.165) is 52.0 Å². The zero-order valence-corrected chi connectivity index (χ0v) is 14.7. The minimum absolute atomic E-state index is 0.0125. The zero-order chi connectivity index (χ0) is 17.0. The van der Waals surface area contributed by atoms with Crippen LogP contribution in [0, 0.1) is 0 Å². The van der Waals surface area contributed by atoms with Gasteiger partial charge in [-0.15, -0.1) is 0 Å². The summed E-state index contributed by atoms with van der Waals surface area (Å²) in [6, 6.07) is 1.76. The van der Waals surface area contributed by atoms with Crippen LogP contribution in [-0.4, -0.2) is 72.7 Å². The molecule has 7 nitrogen and oxygen atoms in total. The Morgan fingerprint density at radius 3 is 2.96 bits per heavy atom. The average molecular weight is 336 g/mol. The molecule has 0 aromatic carbocycles. The van der Waals surface area contributed by atoms with Crippen LogP contribution in [0.3, 0.4) is 0 Å². The normalized spacial score (nSPS) is 23.0. The van der Waals surface area contributed by atoms with Gasteiger partial charge < -0.3 is 19.7 Å². The van der Waals surface area contributed by atoms with Gasteiger partial charge in [-0.2, -0.15) is 5.10 Å². The highest BCUT2D eigenvalue weighted by Gasteiger charge is 2.41. The molecular weight excluding hydrogens is 308 g/mol. The predicted molar refractivity (Wildman–Crippen MR) is 90.0 cm³/mol. The molecule has 7 heteroatoms. The topological polar surface area (TPSA) is 68.6 Å². The Morgan fingerprint density at radius 1 is 1.42 bits per heavy atom. The Hall–Kier alpha value is -1.44. The van der Waals surface area contributed by atoms with Crippen molar-refractivity contribution in [3.63, 3.8) is 0 Å². The fourth-order valence-electron chi connectivity index (χ4n) is 3.36. The van der Waals surface area contributed by atoms with Gasteiger partial charge in [0.2, 0.25) is 0 Å². The van der Waals surface area contributed by atoms with Crippen LogP contribution >= 0.6 is 0 Å². The van der Waals surface area contributed by atoms with Crippen molar-refractivity contribution in [2.75, 3.05) is 40.4 Å². The number of rotatable bonds is 6. The van der Waals surface area contributed by atoms with Crippen LogP contribution in [0.5, 0.6) is 0 Å². The van der Waals surface area contributed by atoms with Crippen molar-refractivity contribution in [1.29, 1.82) is 0 Å². The molecule has 2 aliphatic heterocycles. The van der Waals surface area contributed by atoms with E-state index in [1.165, 1.54) is 0 Å². The Labute approximate surface area is 143 Å². The highest BCUT2D eigenvalue weighted by molar-refractivity contribution is 5.92. The first kappa shape index (κ1) is 17.4. The molecule has 3 rings (SSSR count). The lowest BCUT2D eigenvalue weighted by Gasteiger charge is -2.33. The van der Waals surface area contributed by atoms with Crippen LogP contribution in [0.1, 0.15) is 36.2 Å². The van der Waals surface area contributed by atoms with Crippen molar-refractivity contribution in [1.82, 2.24) is 20.0 Å². The number of nitrogens with one attached hydrogen (secondary N) is 1. The summed E-state index contributed by atoms with van der Waals surface area (Å²) >= 11 is 0. The second-order valence-electron chi connectivity index (χ2n) is 7.05. The first-order chi connectivity index (χ1) is 11.6. The van der Waals surface area contributed by atoms with E-state index in [1.54, 1.807) is 10.7 Å². The van der Waals surface area contributed by atoms with Gasteiger partial charge in [0.25, 0.3) is 5.91 Å². The second kappa shape index (κ2) is 7.63. The van der Waals surface area contributed by atoms with Crippen LogP contribution < -0.4 is 5.32 Å². The Morgan fingerprint density at radius 2 is 2.21 bits per heavy atom. The van der Waals surface area contributed by atoms with Gasteiger partial charge in [0.15, 0.2) is 0 Å². The number of aromatic nitrogens is 2. The van der Waals surface area contributed by atoms with Crippen molar-refractivity contribution in [3.8, 4) is 0 Å². The summed E-state index contributed by atoms with van der Waals surface area (Å²) in [5, 5.41) is 7.29. The first-order valence-corrected chi connectivity index (χ1v) is 8.78. The molecule has 1 unspecified atom stereocenters. The van der Waals surface area contributed by atoms with Gasteiger partial charge in [-0.3, -0.25) is 9.48 Å². The number of nitrogens with zero attached hydrogens (tertiary/aromatic N) is 3. The van der Waals surface area contributed by atoms with Gasteiger partial charge >= 0.3 is 0 Å². The summed E-state index contributed by atoms with van der Waals surface area (Å²) in [5.74, 6) is -0.130. The molecule has 2 saturated heterocycles. The molecule has 0 bridgehead atoms. The van der Waals surface area contributed by atoms with Crippen LogP contribution in [-0.2, 0) is 16.0 Å². The Bertz CT molecular complexity index is 552. The maximum absolute atomic E-state index is 12.2. The van der Waals surface area contributed by atoms with Crippen molar-refractivity contribution >= 4 is 5.91 Å². The SMILES string of the molecule is CN(C)CCn1ccc(C(=O)NCC2CCC3(CCOCC3)O2)n1. The van der Waals surface area contributed by atoms with E-state index in [1.807, 2.05) is 20.3 Å². The van der Waals surface area contributed by atoms with Crippen LogP contribution in [0.15, 0.2) is 12.3 Å². The van der Waals surface area contributed by atoms with E-state index in [-0.39, 0.29) is 17.6 Å². The van der Waals surface area contributed by atoms with Crippen molar-refractivity contribution in [2.24, 2.45) is 0 Å². The van der Waals surface area contributed by atoms with Gasteiger partial charge in [0.1, 0.15) is 5.69 Å². The highest BCUT2D eigenvalue weighted by atomic mass is 16.5. The van der Waals surface area contributed by atoms with Crippen LogP contribution in [0.2, 0.25) is 0 Å². The molecule has 2 aliphatic rings. The Kier molecular flexibility index (Phi) is 5.53. The summed E-state index contributed by atoms with van der Waals surface area (Å²) in [4.78, 5) is 14.3. The quantitative estimate of drug-likeness (QED) is 0.836. The summed E-state index contributed by atoms with van der Waals surface area (Å²) in [6.45, 7) is 3.78. The van der Waals surface area contributed by atoms with Crippen molar-refractivity contribution in [2.45, 2.75) is 43.9 Å². The van der Waals surface area contributed by atoms with E-state index in [0.29, 0.717) is 12.2 Å². The lowest BCUT2D eigenvalue weighted by atomic mass is 9.91. The molecule has 3 heterocycles. The molecule has 1 spiro atoms. The zero-order valence-electron chi connectivity index (χ0n) is 14.7. The predicted octanol–water partition coefficient (Wildman–Crippen LogP) is 0.903. The third-order valence-electron chi connectivity index (χ3n) is 4.88. The fourth-order valence-corrected chi connectivity index (χ4v) is 3.36.